The van der Waals surface area contributed by atoms with Crippen molar-refractivity contribution >= 4 is 5.69 Å². The van der Waals surface area contributed by atoms with E-state index in [1.807, 2.05) is 0 Å². The Morgan fingerprint density at radius 1 is 1.28 bits per heavy atom. The van der Waals surface area contributed by atoms with Crippen LogP contribution >= 0.6 is 0 Å². The third kappa shape index (κ3) is 2.49. The van der Waals surface area contributed by atoms with E-state index in [1.165, 1.54) is 6.07 Å². The van der Waals surface area contributed by atoms with Crippen molar-refractivity contribution in [3.63, 3.8) is 0 Å². The summed E-state index contributed by atoms with van der Waals surface area (Å²) in [4.78, 5) is 2.92. The third-order valence-corrected chi connectivity index (χ3v) is 6.03. The molecule has 6 nitrogen and oxygen atoms in total. The zero-order valence-corrected chi connectivity index (χ0v) is 16.0. The number of rotatable bonds is 3. The minimum atomic E-state index is -4.75. The topological polar surface area (TPSA) is 68.2 Å². The van der Waals surface area contributed by atoms with E-state index in [0.717, 1.165) is 16.7 Å². The van der Waals surface area contributed by atoms with Gasteiger partial charge in [0.05, 0.1) is 41.2 Å². The molecule has 1 fully saturated rings. The first-order valence-electron chi connectivity index (χ1n) is 8.93. The normalized spacial score (nSPS) is 27.8. The molecule has 2 bridgehead atoms. The van der Waals surface area contributed by atoms with Gasteiger partial charge in [0.1, 0.15) is 5.60 Å². The molecule has 0 radical (unpaired) electrons. The number of aromatic hydroxyl groups is 2. The van der Waals surface area contributed by atoms with Crippen molar-refractivity contribution in [3.8, 4) is 17.4 Å². The molecule has 2 N–H and O–H groups in total. The molecular weight excluding hydrogens is 389 g/mol. The van der Waals surface area contributed by atoms with Gasteiger partial charge in [-0.1, -0.05) is 6.07 Å². The lowest BCUT2D eigenvalue weighted by atomic mass is 9.73. The molecule has 9 heteroatoms. The van der Waals surface area contributed by atoms with Gasteiger partial charge in [0.15, 0.2) is 5.69 Å². The number of alkyl halides is 3. The molecule has 0 aliphatic carbocycles. The third-order valence-electron chi connectivity index (χ3n) is 6.03. The van der Waals surface area contributed by atoms with Crippen LogP contribution < -0.4 is 0 Å². The Balaban J connectivity index is 1.93. The Kier molecular flexibility index (Phi) is 3.99. The molecule has 3 atom stereocenters. The summed E-state index contributed by atoms with van der Waals surface area (Å²) in [5.41, 5.74) is -2.90. The predicted octanol–water partition coefficient (Wildman–Crippen LogP) is 4.58. The van der Waals surface area contributed by atoms with Crippen molar-refractivity contribution in [2.45, 2.75) is 37.6 Å². The first-order chi connectivity index (χ1) is 13.5. The van der Waals surface area contributed by atoms with Crippen molar-refractivity contribution in [2.24, 2.45) is 5.92 Å². The summed E-state index contributed by atoms with van der Waals surface area (Å²) in [5, 5.41) is 21.8. The minimum absolute atomic E-state index is 0.0935. The Bertz CT molecular complexity index is 1060. The number of halogens is 3. The van der Waals surface area contributed by atoms with Crippen LogP contribution in [0.5, 0.6) is 11.8 Å². The van der Waals surface area contributed by atoms with E-state index in [9.17, 15) is 23.4 Å². The lowest BCUT2D eigenvalue weighted by molar-refractivity contribution is -0.136. The molecular formula is C20H19F3N2O4. The number of ether oxygens (including phenoxy) is 2. The fourth-order valence-corrected chi connectivity index (χ4v) is 4.84. The second kappa shape index (κ2) is 5.90. The predicted molar refractivity (Wildman–Crippen MR) is 96.1 cm³/mol. The van der Waals surface area contributed by atoms with E-state index < -0.39 is 28.6 Å². The fourth-order valence-electron chi connectivity index (χ4n) is 4.84. The van der Waals surface area contributed by atoms with Crippen LogP contribution in [0.2, 0.25) is 0 Å². The van der Waals surface area contributed by atoms with Gasteiger partial charge >= 0.3 is 6.18 Å². The van der Waals surface area contributed by atoms with Crippen LogP contribution in [0.25, 0.3) is 10.5 Å². The lowest BCUT2D eigenvalue weighted by Crippen LogP contribution is -2.31. The number of aromatic nitrogens is 1. The SMILES string of the molecule is [C-]#[N+]c1ccc(-n2c(O)c3c(c2O)C2(C)OC3(C)C[C@H]2COC)cc1C(F)(F)F. The molecule has 2 aliphatic heterocycles. The van der Waals surface area contributed by atoms with Crippen LogP contribution in [0.1, 0.15) is 37.0 Å². The van der Waals surface area contributed by atoms with Crippen molar-refractivity contribution in [2.75, 3.05) is 13.7 Å². The fraction of sp³-hybridized carbons (Fsp3) is 0.450. The Labute approximate surface area is 164 Å². The van der Waals surface area contributed by atoms with E-state index in [-0.39, 0.29) is 23.4 Å². The van der Waals surface area contributed by atoms with Gasteiger partial charge in [-0.25, -0.2) is 4.85 Å². The highest BCUT2D eigenvalue weighted by molar-refractivity contribution is 5.64. The molecule has 154 valence electrons. The molecule has 0 spiro atoms. The number of fused-ring (bicyclic) bond motifs is 5. The maximum Gasteiger partial charge on any atom is 0.407 e. The molecule has 2 unspecified atom stereocenters. The zero-order valence-electron chi connectivity index (χ0n) is 16.0. The first-order valence-corrected chi connectivity index (χ1v) is 8.93. The summed E-state index contributed by atoms with van der Waals surface area (Å²) in [6.07, 6.45) is -4.22. The van der Waals surface area contributed by atoms with Gasteiger partial charge < -0.3 is 19.7 Å². The van der Waals surface area contributed by atoms with E-state index >= 15 is 0 Å². The Hall–Kier alpha value is -2.70. The van der Waals surface area contributed by atoms with Gasteiger partial charge in [-0.05, 0) is 32.4 Å². The number of benzene rings is 1. The lowest BCUT2D eigenvalue weighted by Gasteiger charge is -2.29. The van der Waals surface area contributed by atoms with Crippen LogP contribution in [0.15, 0.2) is 18.2 Å². The van der Waals surface area contributed by atoms with Gasteiger partial charge in [0.2, 0.25) is 11.8 Å². The second-order valence-corrected chi connectivity index (χ2v) is 7.84. The summed E-state index contributed by atoms with van der Waals surface area (Å²) in [6.45, 7) is 10.9. The molecule has 1 aromatic heterocycles. The molecule has 0 amide bonds. The monoisotopic (exact) mass is 408 g/mol. The average Bonchev–Trinajstić information content (AvgIpc) is 3.15. The van der Waals surface area contributed by atoms with Crippen molar-refractivity contribution in [1.82, 2.24) is 4.57 Å². The van der Waals surface area contributed by atoms with Crippen molar-refractivity contribution in [1.29, 1.82) is 0 Å². The highest BCUT2D eigenvalue weighted by atomic mass is 19.4. The smallest absolute Gasteiger partial charge is 0.407 e. The Morgan fingerprint density at radius 2 is 1.93 bits per heavy atom. The standard InChI is InChI=1S/C20H19F3N2O4/c1-18-8-10(9-28-4)19(2,29-18)15-14(18)16(26)25(17(15)27)11-5-6-13(24-3)12(7-11)20(21,22)23/h5-7,10,26-27H,8-9H2,1-2,4H3/t10-,18?,19?/m0/s1. The first kappa shape index (κ1) is 19.6. The van der Waals surface area contributed by atoms with Crippen LogP contribution in [0.4, 0.5) is 18.9 Å². The summed E-state index contributed by atoms with van der Waals surface area (Å²) in [7, 11) is 1.55. The summed E-state index contributed by atoms with van der Waals surface area (Å²) in [6, 6.07) is 3.04. The molecule has 1 aromatic carbocycles. The van der Waals surface area contributed by atoms with Crippen LogP contribution in [-0.2, 0) is 26.9 Å². The molecule has 29 heavy (non-hydrogen) atoms. The van der Waals surface area contributed by atoms with Gasteiger partial charge in [-0.2, -0.15) is 13.2 Å². The van der Waals surface area contributed by atoms with E-state index in [0.29, 0.717) is 24.2 Å². The largest absolute Gasteiger partial charge is 0.494 e. The highest BCUT2D eigenvalue weighted by Crippen LogP contribution is 2.66. The molecule has 2 aromatic rings. The van der Waals surface area contributed by atoms with Gasteiger partial charge in [0.25, 0.3) is 0 Å². The number of nitrogens with zero attached hydrogens (tertiary/aromatic N) is 2. The summed E-state index contributed by atoms with van der Waals surface area (Å²) in [5.74, 6) is -0.849. The quantitative estimate of drug-likeness (QED) is 0.730. The van der Waals surface area contributed by atoms with E-state index in [2.05, 4.69) is 4.85 Å². The van der Waals surface area contributed by atoms with Crippen molar-refractivity contribution in [3.05, 3.63) is 46.3 Å². The van der Waals surface area contributed by atoms with E-state index in [1.54, 1.807) is 21.0 Å². The number of methoxy groups -OCH3 is 1. The molecule has 4 rings (SSSR count). The van der Waals surface area contributed by atoms with Crippen LogP contribution in [-0.4, -0.2) is 28.5 Å². The Morgan fingerprint density at radius 3 is 2.52 bits per heavy atom. The molecule has 3 heterocycles. The summed E-state index contributed by atoms with van der Waals surface area (Å²) >= 11 is 0. The van der Waals surface area contributed by atoms with Gasteiger partial charge in [-0.3, -0.25) is 4.57 Å². The van der Waals surface area contributed by atoms with Crippen LogP contribution in [0, 0.1) is 12.5 Å². The maximum atomic E-state index is 13.4. The number of hydrogen-bond donors (Lipinski definition) is 2. The molecule has 2 aliphatic rings. The van der Waals surface area contributed by atoms with Gasteiger partial charge in [0, 0.05) is 13.0 Å². The molecule has 1 saturated heterocycles. The van der Waals surface area contributed by atoms with E-state index in [4.69, 9.17) is 16.0 Å². The second-order valence-electron chi connectivity index (χ2n) is 7.84. The summed E-state index contributed by atoms with van der Waals surface area (Å²) < 4.78 is 52.5. The minimum Gasteiger partial charge on any atom is -0.494 e. The zero-order chi connectivity index (χ0) is 21.4. The average molecular weight is 408 g/mol. The van der Waals surface area contributed by atoms with Crippen LogP contribution in [0.3, 0.4) is 0 Å². The maximum absolute atomic E-state index is 13.4. The van der Waals surface area contributed by atoms with Crippen molar-refractivity contribution < 1.29 is 32.9 Å². The van der Waals surface area contributed by atoms with Gasteiger partial charge in [-0.15, -0.1) is 0 Å². The highest BCUT2D eigenvalue weighted by Gasteiger charge is 2.64. The molecule has 0 saturated carbocycles. The number of hydrogen-bond acceptors (Lipinski definition) is 4.